The monoisotopic (exact) mass is 423 g/mol. The summed E-state index contributed by atoms with van der Waals surface area (Å²) in [6, 6.07) is 7.54. The minimum absolute atomic E-state index is 0.136. The third-order valence-corrected chi connectivity index (χ3v) is 3.64. The van der Waals surface area contributed by atoms with Crippen molar-refractivity contribution in [2.45, 2.75) is 13.2 Å². The Balaban J connectivity index is 2.00. The number of aliphatic hydroxyl groups is 1. The summed E-state index contributed by atoms with van der Waals surface area (Å²) in [5.74, 6) is -0.465. The minimum atomic E-state index is -0.465. The number of diazo groups is 1. The summed E-state index contributed by atoms with van der Waals surface area (Å²) in [5, 5.41) is 17.7. The molecular weight excluding hydrogens is 392 g/mol. The van der Waals surface area contributed by atoms with Gasteiger partial charge in [0.05, 0.1) is 66.1 Å². The van der Waals surface area contributed by atoms with Gasteiger partial charge in [-0.2, -0.15) is 0 Å². The Morgan fingerprint density at radius 2 is 1.33 bits per heavy atom. The van der Waals surface area contributed by atoms with Crippen LogP contribution in [0, 0.1) is 5.39 Å². The van der Waals surface area contributed by atoms with E-state index in [0.29, 0.717) is 66.1 Å². The Bertz CT molecular complexity index is 646. The molecule has 0 spiro atoms. The number of ether oxygens (including phenoxy) is 6. The van der Waals surface area contributed by atoms with Gasteiger partial charge in [0.2, 0.25) is 5.39 Å². The van der Waals surface area contributed by atoms with Crippen LogP contribution >= 0.6 is 0 Å². The molecule has 0 aliphatic carbocycles. The highest BCUT2D eigenvalue weighted by molar-refractivity contribution is 5.26. The van der Waals surface area contributed by atoms with Gasteiger partial charge in [-0.1, -0.05) is 30.3 Å². The second-order valence-corrected chi connectivity index (χ2v) is 5.89. The Labute approximate surface area is 177 Å². The Kier molecular flexibility index (Phi) is 15.8. The molecule has 1 rings (SSSR count). The standard InChI is InChI=1S/C21H30N2O7/c1-2-7-25-8-9-26-10-11-27-12-13-28-14-15-29-17-19-5-3-4-6-20(19)18-30-21(24)16-23-22/h2-6,16H,1,7-15,17-18H2/p+1/b21-16-. The van der Waals surface area contributed by atoms with E-state index in [0.717, 1.165) is 17.3 Å². The average Bonchev–Trinajstić information content (AvgIpc) is 2.76. The molecule has 0 bridgehead atoms. The van der Waals surface area contributed by atoms with E-state index in [2.05, 4.69) is 11.6 Å². The van der Waals surface area contributed by atoms with Crippen molar-refractivity contribution in [3.63, 3.8) is 0 Å². The molecule has 0 heterocycles. The maximum absolute atomic E-state index is 9.33. The summed E-state index contributed by atoms with van der Waals surface area (Å²) < 4.78 is 32.1. The predicted molar refractivity (Wildman–Crippen MR) is 110 cm³/mol. The first-order valence-corrected chi connectivity index (χ1v) is 9.70. The molecule has 1 N–H and O–H groups in total. The molecule has 0 unspecified atom stereocenters. The van der Waals surface area contributed by atoms with E-state index in [1.54, 1.807) is 6.08 Å². The fourth-order valence-electron chi connectivity index (χ4n) is 2.20. The lowest BCUT2D eigenvalue weighted by atomic mass is 10.1. The van der Waals surface area contributed by atoms with Crippen molar-refractivity contribution in [2.24, 2.45) is 0 Å². The molecule has 0 amide bonds. The van der Waals surface area contributed by atoms with Crippen molar-refractivity contribution in [2.75, 3.05) is 59.5 Å². The number of benzene rings is 1. The van der Waals surface area contributed by atoms with Crippen LogP contribution in [-0.4, -0.2) is 64.6 Å². The lowest BCUT2D eigenvalue weighted by molar-refractivity contribution is -0.0111. The van der Waals surface area contributed by atoms with Crippen molar-refractivity contribution in [3.8, 4) is 0 Å². The fraction of sp³-hybridized carbons (Fsp3) is 0.524. The molecule has 0 saturated carbocycles. The van der Waals surface area contributed by atoms with Crippen molar-refractivity contribution >= 4 is 0 Å². The summed E-state index contributed by atoms with van der Waals surface area (Å²) in [4.78, 5) is 2.69. The summed E-state index contributed by atoms with van der Waals surface area (Å²) in [7, 11) is 0. The van der Waals surface area contributed by atoms with Gasteiger partial charge in [0.1, 0.15) is 6.61 Å². The third kappa shape index (κ3) is 13.7. The van der Waals surface area contributed by atoms with E-state index in [4.69, 9.17) is 33.8 Å². The highest BCUT2D eigenvalue weighted by atomic mass is 16.6. The molecule has 30 heavy (non-hydrogen) atoms. The smallest absolute Gasteiger partial charge is 0.429 e. The highest BCUT2D eigenvalue weighted by Crippen LogP contribution is 2.13. The predicted octanol–water partition coefficient (Wildman–Crippen LogP) is 3.18. The summed E-state index contributed by atoms with van der Waals surface area (Å²) in [5.41, 5.74) is 1.80. The quantitative estimate of drug-likeness (QED) is 0.157. The largest absolute Gasteiger partial charge is 0.476 e. The number of nitrogens with zero attached hydrogens (tertiary/aromatic N) is 2. The molecule has 0 atom stereocenters. The minimum Gasteiger partial charge on any atom is -0.476 e. The normalized spacial score (nSPS) is 11.2. The van der Waals surface area contributed by atoms with Crippen LogP contribution in [0.5, 0.6) is 0 Å². The van der Waals surface area contributed by atoms with Crippen LogP contribution in [0.1, 0.15) is 11.1 Å². The first-order valence-electron chi connectivity index (χ1n) is 9.70. The van der Waals surface area contributed by atoms with E-state index in [1.165, 1.54) is 0 Å². The molecule has 0 radical (unpaired) electrons. The van der Waals surface area contributed by atoms with Crippen LogP contribution in [0.15, 0.2) is 49.1 Å². The van der Waals surface area contributed by atoms with Crippen LogP contribution < -0.4 is 0 Å². The number of rotatable bonds is 19. The number of hydrogen-bond acceptors (Lipinski definition) is 8. The zero-order valence-corrected chi connectivity index (χ0v) is 17.2. The second kappa shape index (κ2) is 18.5. The Morgan fingerprint density at radius 3 is 1.87 bits per heavy atom. The van der Waals surface area contributed by atoms with Crippen molar-refractivity contribution in [1.29, 1.82) is 5.39 Å². The summed E-state index contributed by atoms with van der Waals surface area (Å²) in [6.45, 7) is 8.62. The van der Waals surface area contributed by atoms with Crippen molar-refractivity contribution in [3.05, 3.63) is 65.2 Å². The first kappa shape index (κ1) is 25.6. The van der Waals surface area contributed by atoms with Gasteiger partial charge < -0.3 is 33.5 Å². The molecule has 0 aliphatic heterocycles. The molecule has 1 aromatic rings. The second-order valence-electron chi connectivity index (χ2n) is 5.89. The summed E-state index contributed by atoms with van der Waals surface area (Å²) in [6.07, 6.45) is 2.51. The van der Waals surface area contributed by atoms with Crippen LogP contribution in [0.25, 0.3) is 4.98 Å². The molecule has 166 valence electrons. The molecule has 9 heteroatoms. The van der Waals surface area contributed by atoms with Gasteiger partial charge >= 0.3 is 12.1 Å². The third-order valence-electron chi connectivity index (χ3n) is 3.64. The van der Waals surface area contributed by atoms with Crippen molar-refractivity contribution in [1.82, 2.24) is 0 Å². The molecular formula is C21H31N2O7+. The Hall–Kier alpha value is -2.48. The average molecular weight is 423 g/mol. The van der Waals surface area contributed by atoms with Gasteiger partial charge in [-0.3, -0.25) is 0 Å². The van der Waals surface area contributed by atoms with Crippen LogP contribution in [0.2, 0.25) is 0 Å². The molecule has 1 aromatic carbocycles. The Morgan fingerprint density at radius 1 is 0.833 bits per heavy atom. The van der Waals surface area contributed by atoms with E-state index < -0.39 is 5.95 Å². The summed E-state index contributed by atoms with van der Waals surface area (Å²) >= 11 is 0. The highest BCUT2D eigenvalue weighted by Gasteiger charge is 2.06. The zero-order chi connectivity index (χ0) is 21.7. The topological polar surface area (TPSA) is 104 Å². The van der Waals surface area contributed by atoms with E-state index >= 15 is 0 Å². The number of aliphatic hydroxyl groups excluding tert-OH is 1. The number of hydrogen-bond donors (Lipinski definition) is 1. The lowest BCUT2D eigenvalue weighted by Gasteiger charge is -2.11. The first-order chi connectivity index (χ1) is 14.8. The molecule has 9 nitrogen and oxygen atoms in total. The van der Waals surface area contributed by atoms with Gasteiger partial charge in [0.15, 0.2) is 4.98 Å². The van der Waals surface area contributed by atoms with Gasteiger partial charge in [-0.25, -0.2) is 0 Å². The van der Waals surface area contributed by atoms with E-state index in [-0.39, 0.29) is 6.61 Å². The van der Waals surface area contributed by atoms with Gasteiger partial charge in [0, 0.05) is 0 Å². The maximum atomic E-state index is 9.33. The molecule has 0 fully saturated rings. The van der Waals surface area contributed by atoms with Gasteiger partial charge in [-0.05, 0) is 11.1 Å². The van der Waals surface area contributed by atoms with Gasteiger partial charge in [-0.15, -0.1) is 6.58 Å². The van der Waals surface area contributed by atoms with Crippen molar-refractivity contribution < 1.29 is 33.5 Å². The van der Waals surface area contributed by atoms with Crippen LogP contribution in [0.4, 0.5) is 0 Å². The maximum Gasteiger partial charge on any atom is 0.429 e. The fourth-order valence-corrected chi connectivity index (χ4v) is 2.20. The molecule has 0 aromatic heterocycles. The SMILES string of the molecule is C=CCOCCOCCOCCOCCOCc1ccccc1CO/C(O)=C\[N+]#N. The van der Waals surface area contributed by atoms with E-state index in [1.807, 2.05) is 24.3 Å². The lowest BCUT2D eigenvalue weighted by Crippen LogP contribution is -2.13. The van der Waals surface area contributed by atoms with Gasteiger partial charge in [0.25, 0.3) is 0 Å². The van der Waals surface area contributed by atoms with Crippen LogP contribution in [-0.2, 0) is 41.6 Å². The molecule has 0 aliphatic rings. The molecule has 0 saturated heterocycles. The zero-order valence-electron chi connectivity index (χ0n) is 17.2. The van der Waals surface area contributed by atoms with Crippen LogP contribution in [0.3, 0.4) is 0 Å². The van der Waals surface area contributed by atoms with E-state index in [9.17, 15) is 5.11 Å².